The van der Waals surface area contributed by atoms with Crippen LogP contribution in [-0.4, -0.2) is 37.7 Å². The molecule has 0 radical (unpaired) electrons. The maximum Gasteiger partial charge on any atom is 0.156 e. The van der Waals surface area contributed by atoms with Crippen LogP contribution in [0.25, 0.3) is 0 Å². The molecular weight excluding hydrogens is 160 g/mol. The Kier molecular flexibility index (Phi) is 3.72. The van der Waals surface area contributed by atoms with Gasteiger partial charge in [0.05, 0.1) is 6.61 Å². The minimum atomic E-state index is 0.598. The smallest absolute Gasteiger partial charge is 0.156 e. The molecule has 11 heavy (non-hydrogen) atoms. The van der Waals surface area contributed by atoms with Crippen molar-refractivity contribution in [3.8, 4) is 0 Å². The largest absolute Gasteiger partial charge is 0.380 e. The zero-order valence-electron chi connectivity index (χ0n) is 6.96. The topological polar surface area (TPSA) is 33.6 Å². The van der Waals surface area contributed by atoms with Crippen molar-refractivity contribution in [3.63, 3.8) is 0 Å². The molecule has 1 fully saturated rings. The number of nitrogens with one attached hydrogen (secondary N) is 1. The van der Waals surface area contributed by atoms with E-state index in [2.05, 4.69) is 10.3 Å². The second-order valence-corrected chi connectivity index (χ2v) is 3.67. The fourth-order valence-corrected chi connectivity index (χ4v) is 1.90. The van der Waals surface area contributed by atoms with Crippen LogP contribution in [0.1, 0.15) is 6.42 Å². The van der Waals surface area contributed by atoms with E-state index < -0.39 is 0 Å². The number of aliphatic imine (C=N–C) groups is 1. The number of nitrogens with zero attached hydrogens (tertiary/aromatic N) is 1. The van der Waals surface area contributed by atoms with Crippen molar-refractivity contribution in [2.24, 2.45) is 4.99 Å². The van der Waals surface area contributed by atoms with Gasteiger partial charge in [0, 0.05) is 26.0 Å². The van der Waals surface area contributed by atoms with Crippen molar-refractivity contribution in [2.75, 3.05) is 27.3 Å². The molecule has 0 saturated carbocycles. The van der Waals surface area contributed by atoms with E-state index in [9.17, 15) is 0 Å². The first-order chi connectivity index (χ1) is 5.36. The van der Waals surface area contributed by atoms with Crippen molar-refractivity contribution in [3.05, 3.63) is 0 Å². The van der Waals surface area contributed by atoms with E-state index in [1.54, 1.807) is 18.8 Å². The molecule has 1 N–H and O–H groups in total. The summed E-state index contributed by atoms with van der Waals surface area (Å²) in [5.41, 5.74) is 0. The van der Waals surface area contributed by atoms with Gasteiger partial charge in [-0.05, 0) is 6.42 Å². The van der Waals surface area contributed by atoms with Crippen molar-refractivity contribution < 1.29 is 4.74 Å². The predicted octanol–water partition coefficient (Wildman–Crippen LogP) is 0.714. The molecule has 1 heterocycles. The first kappa shape index (κ1) is 8.87. The third kappa shape index (κ3) is 2.71. The third-order valence-corrected chi connectivity index (χ3v) is 2.90. The summed E-state index contributed by atoms with van der Waals surface area (Å²) in [7, 11) is 3.69. The highest BCUT2D eigenvalue weighted by molar-refractivity contribution is 8.14. The second kappa shape index (κ2) is 4.62. The normalized spacial score (nSPS) is 25.6. The molecule has 0 bridgehead atoms. The van der Waals surface area contributed by atoms with Crippen LogP contribution >= 0.6 is 11.8 Å². The molecule has 0 aromatic carbocycles. The summed E-state index contributed by atoms with van der Waals surface area (Å²) in [6.07, 6.45) is 1.14. The zero-order chi connectivity index (χ0) is 8.10. The second-order valence-electron chi connectivity index (χ2n) is 2.38. The average molecular weight is 174 g/mol. The van der Waals surface area contributed by atoms with Crippen molar-refractivity contribution in [1.29, 1.82) is 0 Å². The molecule has 4 heteroatoms. The van der Waals surface area contributed by atoms with E-state index in [0.29, 0.717) is 5.25 Å². The lowest BCUT2D eigenvalue weighted by Crippen LogP contribution is -2.18. The molecule has 1 saturated heterocycles. The van der Waals surface area contributed by atoms with Crippen LogP contribution in [0.2, 0.25) is 0 Å². The van der Waals surface area contributed by atoms with Crippen LogP contribution in [0, 0.1) is 0 Å². The standard InChI is InChI=1S/C7H14N2OS/c1-8-7(9-2)11-6-3-4-10-5-6/h6H,3-5H2,1-2H3,(H,8,9). The Balaban J connectivity index is 2.27. The van der Waals surface area contributed by atoms with Crippen molar-refractivity contribution in [1.82, 2.24) is 5.32 Å². The fraction of sp³-hybridized carbons (Fsp3) is 0.857. The van der Waals surface area contributed by atoms with Gasteiger partial charge in [-0.15, -0.1) is 0 Å². The molecule has 1 unspecified atom stereocenters. The van der Waals surface area contributed by atoms with E-state index in [4.69, 9.17) is 4.74 Å². The molecule has 0 aromatic heterocycles. The van der Waals surface area contributed by atoms with Crippen molar-refractivity contribution in [2.45, 2.75) is 11.7 Å². The minimum Gasteiger partial charge on any atom is -0.380 e. The van der Waals surface area contributed by atoms with Gasteiger partial charge in [-0.2, -0.15) is 0 Å². The number of hydrogen-bond donors (Lipinski definition) is 1. The molecule has 0 amide bonds. The zero-order valence-corrected chi connectivity index (χ0v) is 7.78. The summed E-state index contributed by atoms with van der Waals surface area (Å²) in [5, 5.41) is 4.63. The highest BCUT2D eigenvalue weighted by Gasteiger charge is 2.17. The van der Waals surface area contributed by atoms with Gasteiger partial charge in [-0.3, -0.25) is 4.99 Å². The molecule has 0 aromatic rings. The Morgan fingerprint density at radius 1 is 1.73 bits per heavy atom. The van der Waals surface area contributed by atoms with Crippen LogP contribution in [-0.2, 0) is 4.74 Å². The highest BCUT2D eigenvalue weighted by Crippen LogP contribution is 2.20. The molecule has 64 valence electrons. The molecule has 3 nitrogen and oxygen atoms in total. The first-order valence-electron chi connectivity index (χ1n) is 3.75. The fourth-order valence-electron chi connectivity index (χ4n) is 0.987. The Morgan fingerprint density at radius 3 is 3.00 bits per heavy atom. The van der Waals surface area contributed by atoms with Gasteiger partial charge in [-0.1, -0.05) is 11.8 Å². The van der Waals surface area contributed by atoms with E-state index in [-0.39, 0.29) is 0 Å². The van der Waals surface area contributed by atoms with E-state index in [1.807, 2.05) is 7.05 Å². The molecule has 1 aliphatic heterocycles. The first-order valence-corrected chi connectivity index (χ1v) is 4.63. The molecule has 1 atom stereocenters. The highest BCUT2D eigenvalue weighted by atomic mass is 32.2. The Bertz CT molecular complexity index is 143. The van der Waals surface area contributed by atoms with Gasteiger partial charge < -0.3 is 10.1 Å². The minimum absolute atomic E-state index is 0.598. The van der Waals surface area contributed by atoms with Gasteiger partial charge in [0.25, 0.3) is 0 Å². The maximum atomic E-state index is 5.24. The van der Waals surface area contributed by atoms with Crippen LogP contribution in [0.3, 0.4) is 0 Å². The Morgan fingerprint density at radius 2 is 2.55 bits per heavy atom. The van der Waals surface area contributed by atoms with Crippen LogP contribution in [0.4, 0.5) is 0 Å². The number of thioether (sulfide) groups is 1. The summed E-state index contributed by atoms with van der Waals surface area (Å²) in [6.45, 7) is 1.77. The van der Waals surface area contributed by atoms with Crippen LogP contribution in [0.5, 0.6) is 0 Å². The molecule has 0 spiro atoms. The Hall–Kier alpha value is -0.220. The molecule has 1 rings (SSSR count). The van der Waals surface area contributed by atoms with E-state index in [0.717, 1.165) is 24.8 Å². The molecule has 1 aliphatic rings. The number of hydrogen-bond acceptors (Lipinski definition) is 3. The SMILES string of the molecule is CN=C(NC)SC1CCOC1. The van der Waals surface area contributed by atoms with Gasteiger partial charge in [0.15, 0.2) is 5.17 Å². The Labute approximate surface area is 71.6 Å². The van der Waals surface area contributed by atoms with Gasteiger partial charge in [0.1, 0.15) is 0 Å². The van der Waals surface area contributed by atoms with Crippen LogP contribution < -0.4 is 5.32 Å². The lowest BCUT2D eigenvalue weighted by atomic mass is 10.4. The average Bonchev–Trinajstić information content (AvgIpc) is 2.52. The number of rotatable bonds is 1. The number of ether oxygens (including phenoxy) is 1. The monoisotopic (exact) mass is 174 g/mol. The maximum absolute atomic E-state index is 5.24. The van der Waals surface area contributed by atoms with Gasteiger partial charge in [-0.25, -0.2) is 0 Å². The summed E-state index contributed by atoms with van der Waals surface area (Å²) in [4.78, 5) is 4.08. The quantitative estimate of drug-likeness (QED) is 0.469. The molecular formula is C7H14N2OS. The lowest BCUT2D eigenvalue weighted by Gasteiger charge is -2.07. The van der Waals surface area contributed by atoms with Crippen LogP contribution in [0.15, 0.2) is 4.99 Å². The van der Waals surface area contributed by atoms with Gasteiger partial charge >= 0.3 is 0 Å². The third-order valence-electron chi connectivity index (χ3n) is 1.58. The summed E-state index contributed by atoms with van der Waals surface area (Å²) in [6, 6.07) is 0. The van der Waals surface area contributed by atoms with E-state index >= 15 is 0 Å². The predicted molar refractivity (Wildman–Crippen MR) is 49.2 cm³/mol. The summed E-state index contributed by atoms with van der Waals surface area (Å²) < 4.78 is 5.24. The number of amidine groups is 1. The lowest BCUT2D eigenvalue weighted by molar-refractivity contribution is 0.199. The van der Waals surface area contributed by atoms with Gasteiger partial charge in [0.2, 0.25) is 0 Å². The molecule has 0 aliphatic carbocycles. The van der Waals surface area contributed by atoms with Crippen molar-refractivity contribution >= 4 is 16.9 Å². The van der Waals surface area contributed by atoms with E-state index in [1.165, 1.54) is 0 Å². The summed E-state index contributed by atoms with van der Waals surface area (Å²) in [5.74, 6) is 0. The summed E-state index contributed by atoms with van der Waals surface area (Å²) >= 11 is 1.77.